The number of hydrogen-bond acceptors (Lipinski definition) is 5. The molecule has 0 bridgehead atoms. The van der Waals surface area contributed by atoms with Crippen molar-refractivity contribution in [3.63, 3.8) is 0 Å². The largest absolute Gasteiger partial charge is 0.433 e. The van der Waals surface area contributed by atoms with Crippen LogP contribution in [-0.4, -0.2) is 41.5 Å². The van der Waals surface area contributed by atoms with Gasteiger partial charge < -0.3 is 10.2 Å². The molecule has 1 aromatic rings. The summed E-state index contributed by atoms with van der Waals surface area (Å²) in [6, 6.07) is 0.657. The van der Waals surface area contributed by atoms with Crippen LogP contribution >= 0.6 is 0 Å². The third-order valence-corrected chi connectivity index (χ3v) is 2.72. The highest BCUT2D eigenvalue weighted by atomic mass is 19.4. The molecular formula is C11H15F3N4O2. The normalized spacial score (nSPS) is 11.7. The molecule has 6 nitrogen and oxygen atoms in total. The molecule has 1 heterocycles. The minimum absolute atomic E-state index is 0.179. The maximum Gasteiger partial charge on any atom is 0.433 e. The summed E-state index contributed by atoms with van der Waals surface area (Å²) in [5.41, 5.74) is -1.81. The first-order valence-corrected chi connectivity index (χ1v) is 5.89. The van der Waals surface area contributed by atoms with E-state index in [1.807, 2.05) is 18.9 Å². The molecule has 0 saturated heterocycles. The van der Waals surface area contributed by atoms with E-state index in [-0.39, 0.29) is 5.69 Å². The number of halogens is 3. The SMILES string of the molecule is CCN(C)CCNc1cc(C(F)(F)F)ncc1[N+](=O)[O-]. The number of rotatable bonds is 6. The number of nitrogens with one attached hydrogen (secondary N) is 1. The Hall–Kier alpha value is -1.90. The van der Waals surface area contributed by atoms with E-state index >= 15 is 0 Å². The number of likely N-dealkylation sites (N-methyl/N-ethyl adjacent to an activating group) is 1. The van der Waals surface area contributed by atoms with Crippen molar-refractivity contribution >= 4 is 11.4 Å². The quantitative estimate of drug-likeness (QED) is 0.644. The third kappa shape index (κ3) is 4.34. The molecule has 0 radical (unpaired) electrons. The molecule has 0 aromatic carbocycles. The van der Waals surface area contributed by atoms with Crippen LogP contribution in [0.1, 0.15) is 12.6 Å². The van der Waals surface area contributed by atoms with Crippen molar-refractivity contribution in [2.45, 2.75) is 13.1 Å². The molecule has 1 aromatic heterocycles. The summed E-state index contributed by atoms with van der Waals surface area (Å²) in [6.07, 6.45) is -4.01. The Bertz CT molecular complexity index is 479. The van der Waals surface area contributed by atoms with E-state index in [1.165, 1.54) is 0 Å². The van der Waals surface area contributed by atoms with E-state index in [1.54, 1.807) is 0 Å². The third-order valence-electron chi connectivity index (χ3n) is 2.72. The van der Waals surface area contributed by atoms with Gasteiger partial charge in [0.05, 0.1) is 4.92 Å². The molecule has 0 unspecified atom stereocenters. The molecular weight excluding hydrogens is 277 g/mol. The Kier molecular flexibility index (Phi) is 5.26. The zero-order valence-corrected chi connectivity index (χ0v) is 11.1. The summed E-state index contributed by atoms with van der Waals surface area (Å²) in [7, 11) is 1.84. The van der Waals surface area contributed by atoms with Crippen LogP contribution in [0.15, 0.2) is 12.3 Å². The summed E-state index contributed by atoms with van der Waals surface area (Å²) in [5.74, 6) is 0. The second-order valence-electron chi connectivity index (χ2n) is 4.16. The fourth-order valence-corrected chi connectivity index (χ4v) is 1.43. The minimum atomic E-state index is -4.63. The number of pyridine rings is 1. The van der Waals surface area contributed by atoms with E-state index in [9.17, 15) is 23.3 Å². The van der Waals surface area contributed by atoms with Gasteiger partial charge in [-0.25, -0.2) is 4.98 Å². The number of hydrogen-bond donors (Lipinski definition) is 1. The van der Waals surface area contributed by atoms with Crippen LogP contribution in [-0.2, 0) is 6.18 Å². The average Bonchev–Trinajstić information content (AvgIpc) is 2.37. The highest BCUT2D eigenvalue weighted by molar-refractivity contribution is 5.61. The first-order chi connectivity index (χ1) is 9.25. The second kappa shape index (κ2) is 6.51. The van der Waals surface area contributed by atoms with Gasteiger partial charge in [0.25, 0.3) is 0 Å². The number of nitrogens with zero attached hydrogens (tertiary/aromatic N) is 3. The van der Waals surface area contributed by atoms with Crippen molar-refractivity contribution in [2.75, 3.05) is 32.0 Å². The van der Waals surface area contributed by atoms with Crippen LogP contribution in [0.25, 0.3) is 0 Å². The predicted octanol–water partition coefficient (Wildman–Crippen LogP) is 2.37. The molecule has 0 saturated carbocycles. The van der Waals surface area contributed by atoms with Crippen molar-refractivity contribution in [1.82, 2.24) is 9.88 Å². The lowest BCUT2D eigenvalue weighted by Gasteiger charge is -2.15. The van der Waals surface area contributed by atoms with Gasteiger partial charge in [-0.3, -0.25) is 10.1 Å². The van der Waals surface area contributed by atoms with E-state index in [4.69, 9.17) is 0 Å². The summed E-state index contributed by atoms with van der Waals surface area (Å²) >= 11 is 0. The van der Waals surface area contributed by atoms with Crippen molar-refractivity contribution in [1.29, 1.82) is 0 Å². The molecule has 112 valence electrons. The summed E-state index contributed by atoms with van der Waals surface area (Å²) in [5, 5.41) is 13.4. The molecule has 0 atom stereocenters. The van der Waals surface area contributed by atoms with Gasteiger partial charge >= 0.3 is 11.9 Å². The number of alkyl halides is 3. The summed E-state index contributed by atoms with van der Waals surface area (Å²) < 4.78 is 37.6. The van der Waals surface area contributed by atoms with Gasteiger partial charge in [0, 0.05) is 13.1 Å². The smallest absolute Gasteiger partial charge is 0.378 e. The molecule has 0 aliphatic heterocycles. The lowest BCUT2D eigenvalue weighted by atomic mass is 10.2. The molecule has 0 aliphatic rings. The number of aromatic nitrogens is 1. The van der Waals surface area contributed by atoms with Crippen LogP contribution in [0.3, 0.4) is 0 Å². The van der Waals surface area contributed by atoms with E-state index in [0.717, 1.165) is 6.54 Å². The number of nitro groups is 1. The molecule has 0 fully saturated rings. The first kappa shape index (κ1) is 16.2. The van der Waals surface area contributed by atoms with Crippen LogP contribution in [0.4, 0.5) is 24.5 Å². The minimum Gasteiger partial charge on any atom is -0.378 e. The van der Waals surface area contributed by atoms with Crippen LogP contribution in [0, 0.1) is 10.1 Å². The Balaban J connectivity index is 2.92. The Morgan fingerprint density at radius 1 is 1.50 bits per heavy atom. The molecule has 1 N–H and O–H groups in total. The van der Waals surface area contributed by atoms with Gasteiger partial charge in [0.15, 0.2) is 0 Å². The molecule has 0 aliphatic carbocycles. The van der Waals surface area contributed by atoms with Gasteiger partial charge in [0.2, 0.25) is 0 Å². The van der Waals surface area contributed by atoms with Gasteiger partial charge in [-0.05, 0) is 19.7 Å². The van der Waals surface area contributed by atoms with E-state index < -0.39 is 22.5 Å². The molecule has 1 rings (SSSR count). The zero-order valence-electron chi connectivity index (χ0n) is 11.1. The highest BCUT2D eigenvalue weighted by Gasteiger charge is 2.34. The van der Waals surface area contributed by atoms with Gasteiger partial charge in [0.1, 0.15) is 17.6 Å². The van der Waals surface area contributed by atoms with Gasteiger partial charge in [-0.2, -0.15) is 13.2 Å². The van der Waals surface area contributed by atoms with E-state index in [0.29, 0.717) is 25.4 Å². The van der Waals surface area contributed by atoms with Gasteiger partial charge in [-0.15, -0.1) is 0 Å². The van der Waals surface area contributed by atoms with Crippen LogP contribution in [0.2, 0.25) is 0 Å². The molecule has 20 heavy (non-hydrogen) atoms. The Morgan fingerprint density at radius 3 is 2.65 bits per heavy atom. The van der Waals surface area contributed by atoms with Crippen molar-refractivity contribution in [3.05, 3.63) is 28.1 Å². The van der Waals surface area contributed by atoms with Crippen molar-refractivity contribution in [3.8, 4) is 0 Å². The maximum atomic E-state index is 12.5. The topological polar surface area (TPSA) is 71.3 Å². The average molecular weight is 292 g/mol. The van der Waals surface area contributed by atoms with Gasteiger partial charge in [-0.1, -0.05) is 6.92 Å². The molecule has 0 spiro atoms. The molecule has 0 amide bonds. The Morgan fingerprint density at radius 2 is 2.15 bits per heavy atom. The van der Waals surface area contributed by atoms with Crippen molar-refractivity contribution < 1.29 is 18.1 Å². The fourth-order valence-electron chi connectivity index (χ4n) is 1.43. The van der Waals surface area contributed by atoms with Crippen LogP contribution < -0.4 is 5.32 Å². The summed E-state index contributed by atoms with van der Waals surface area (Å²) in [4.78, 5) is 15.0. The summed E-state index contributed by atoms with van der Waals surface area (Å²) in [6.45, 7) is 3.55. The first-order valence-electron chi connectivity index (χ1n) is 5.89. The fraction of sp³-hybridized carbons (Fsp3) is 0.545. The number of anilines is 1. The van der Waals surface area contributed by atoms with E-state index in [2.05, 4.69) is 10.3 Å². The highest BCUT2D eigenvalue weighted by Crippen LogP contribution is 2.32. The second-order valence-corrected chi connectivity index (χ2v) is 4.16. The predicted molar refractivity (Wildman–Crippen MR) is 67.6 cm³/mol. The monoisotopic (exact) mass is 292 g/mol. The lowest BCUT2D eigenvalue weighted by Crippen LogP contribution is -2.25. The standard InChI is InChI=1S/C11H15F3N4O2/c1-3-17(2)5-4-15-8-6-10(11(12,13)14)16-7-9(8)18(19)20/h6-7H,3-5H2,1-2H3,(H,15,16). The van der Waals surface area contributed by atoms with Crippen molar-refractivity contribution in [2.24, 2.45) is 0 Å². The van der Waals surface area contributed by atoms with Crippen LogP contribution in [0.5, 0.6) is 0 Å². The zero-order chi connectivity index (χ0) is 15.3. The molecule has 9 heteroatoms. The Labute approximate surface area is 113 Å². The lowest BCUT2D eigenvalue weighted by molar-refractivity contribution is -0.384. The maximum absolute atomic E-state index is 12.5.